The van der Waals surface area contributed by atoms with Crippen LogP contribution >= 0.6 is 11.3 Å². The molecule has 0 fully saturated rings. The maximum absolute atomic E-state index is 11.0. The van der Waals surface area contributed by atoms with Gasteiger partial charge in [0.15, 0.2) is 0 Å². The third-order valence-electron chi connectivity index (χ3n) is 2.71. The summed E-state index contributed by atoms with van der Waals surface area (Å²) < 4.78 is 1.13. The zero-order valence-electron chi connectivity index (χ0n) is 9.15. The van der Waals surface area contributed by atoms with Crippen molar-refractivity contribution in [3.05, 3.63) is 34.2 Å². The Morgan fingerprint density at radius 1 is 1.44 bits per heavy atom. The van der Waals surface area contributed by atoms with Gasteiger partial charge >= 0.3 is 5.97 Å². The molecule has 84 valence electrons. The van der Waals surface area contributed by atoms with Gasteiger partial charge in [0.1, 0.15) is 6.04 Å². The smallest absolute Gasteiger partial charge is 0.325 e. The van der Waals surface area contributed by atoms with Gasteiger partial charge in [-0.1, -0.05) is 18.2 Å². The Labute approximate surface area is 97.5 Å². The van der Waals surface area contributed by atoms with Crippen LogP contribution in [0.15, 0.2) is 18.2 Å². The molecule has 2 rings (SSSR count). The van der Waals surface area contributed by atoms with Crippen molar-refractivity contribution in [3.63, 3.8) is 0 Å². The maximum atomic E-state index is 11.0. The Morgan fingerprint density at radius 2 is 2.12 bits per heavy atom. The Kier molecular flexibility index (Phi) is 2.69. The molecule has 0 aliphatic rings. The largest absolute Gasteiger partial charge is 0.480 e. The Hall–Kier alpha value is -1.39. The number of carboxylic acid groups (broad SMARTS) is 1. The van der Waals surface area contributed by atoms with Crippen LogP contribution in [0.2, 0.25) is 0 Å². The first-order valence-corrected chi connectivity index (χ1v) is 5.81. The molecule has 3 N–H and O–H groups in total. The molecule has 16 heavy (non-hydrogen) atoms. The maximum Gasteiger partial charge on any atom is 0.325 e. The minimum absolute atomic E-state index is 0.746. The number of carboxylic acids is 1. The Balaban J connectivity index is 2.74. The molecule has 1 aromatic heterocycles. The predicted molar refractivity (Wildman–Crippen MR) is 65.9 cm³/mol. The second-order valence-corrected chi connectivity index (χ2v) is 5.06. The van der Waals surface area contributed by atoms with Crippen molar-refractivity contribution in [1.82, 2.24) is 0 Å². The topological polar surface area (TPSA) is 63.3 Å². The summed E-state index contributed by atoms with van der Waals surface area (Å²) in [6, 6.07) is 4.95. The average Bonchev–Trinajstić information content (AvgIpc) is 2.55. The zero-order chi connectivity index (χ0) is 11.9. The van der Waals surface area contributed by atoms with Gasteiger partial charge in [-0.15, -0.1) is 11.3 Å². The summed E-state index contributed by atoms with van der Waals surface area (Å²) in [6.07, 6.45) is 0. The lowest BCUT2D eigenvalue weighted by Gasteiger charge is -2.06. The molecule has 2 aromatic rings. The van der Waals surface area contributed by atoms with Crippen molar-refractivity contribution in [2.24, 2.45) is 5.73 Å². The molecule has 1 unspecified atom stereocenters. The van der Waals surface area contributed by atoms with Crippen molar-refractivity contribution in [2.45, 2.75) is 19.9 Å². The number of thiophene rings is 1. The third-order valence-corrected chi connectivity index (χ3v) is 3.99. The number of hydrogen-bond donors (Lipinski definition) is 2. The molecule has 3 nitrogen and oxygen atoms in total. The molecule has 0 aliphatic heterocycles. The summed E-state index contributed by atoms with van der Waals surface area (Å²) >= 11 is 1.61. The summed E-state index contributed by atoms with van der Waals surface area (Å²) in [4.78, 5) is 11.9. The first-order chi connectivity index (χ1) is 7.52. The van der Waals surface area contributed by atoms with E-state index in [9.17, 15) is 4.79 Å². The molecule has 0 radical (unpaired) electrons. The zero-order valence-corrected chi connectivity index (χ0v) is 9.97. The molecular weight excluding hydrogens is 222 g/mol. The van der Waals surface area contributed by atoms with E-state index in [-0.39, 0.29) is 0 Å². The van der Waals surface area contributed by atoms with Crippen LogP contribution in [0.3, 0.4) is 0 Å². The lowest BCUT2D eigenvalue weighted by molar-refractivity contribution is -0.138. The molecule has 0 bridgehead atoms. The van der Waals surface area contributed by atoms with Crippen molar-refractivity contribution < 1.29 is 9.90 Å². The Bertz CT molecular complexity index is 559. The van der Waals surface area contributed by atoms with Gasteiger partial charge in [0.25, 0.3) is 0 Å². The summed E-state index contributed by atoms with van der Waals surface area (Å²) in [6.45, 7) is 3.94. The summed E-state index contributed by atoms with van der Waals surface area (Å²) in [7, 11) is 0. The van der Waals surface area contributed by atoms with E-state index < -0.39 is 12.0 Å². The van der Waals surface area contributed by atoms with E-state index in [1.54, 1.807) is 11.3 Å². The van der Waals surface area contributed by atoms with Crippen molar-refractivity contribution in [2.75, 3.05) is 0 Å². The van der Waals surface area contributed by atoms with E-state index in [1.807, 2.05) is 32.0 Å². The second kappa shape index (κ2) is 3.88. The third kappa shape index (κ3) is 1.60. The number of benzene rings is 1. The van der Waals surface area contributed by atoms with E-state index in [2.05, 4.69) is 0 Å². The summed E-state index contributed by atoms with van der Waals surface area (Å²) in [5.74, 6) is -0.982. The normalized spacial score (nSPS) is 12.9. The number of rotatable bonds is 2. The fourth-order valence-corrected chi connectivity index (χ4v) is 3.08. The van der Waals surface area contributed by atoms with Crippen LogP contribution in [-0.4, -0.2) is 11.1 Å². The molecule has 4 heteroatoms. The summed E-state index contributed by atoms with van der Waals surface area (Å²) in [5.41, 5.74) is 7.61. The standard InChI is InChI=1S/C12H13NO2S/c1-6-4-3-5-8-9(10(13)12(14)15)7(2)16-11(6)8/h3-5,10H,13H2,1-2H3,(H,14,15). The van der Waals surface area contributed by atoms with Crippen LogP contribution < -0.4 is 5.73 Å². The highest BCUT2D eigenvalue weighted by molar-refractivity contribution is 7.19. The number of fused-ring (bicyclic) bond motifs is 1. The van der Waals surface area contributed by atoms with E-state index in [1.165, 1.54) is 0 Å². The highest BCUT2D eigenvalue weighted by Gasteiger charge is 2.21. The van der Waals surface area contributed by atoms with Gasteiger partial charge in [-0.25, -0.2) is 0 Å². The average molecular weight is 235 g/mol. The van der Waals surface area contributed by atoms with Crippen molar-refractivity contribution in [1.29, 1.82) is 0 Å². The minimum atomic E-state index is -0.982. The molecule has 0 amide bonds. The molecule has 0 spiro atoms. The van der Waals surface area contributed by atoms with Crippen LogP contribution in [0.4, 0.5) is 0 Å². The summed E-state index contributed by atoms with van der Waals surface area (Å²) in [5, 5.41) is 9.96. The van der Waals surface area contributed by atoms with Gasteiger partial charge in [-0.05, 0) is 24.8 Å². The lowest BCUT2D eigenvalue weighted by atomic mass is 10.0. The quantitative estimate of drug-likeness (QED) is 0.841. The van der Waals surface area contributed by atoms with Crippen molar-refractivity contribution in [3.8, 4) is 0 Å². The van der Waals surface area contributed by atoms with Gasteiger partial charge in [-0.2, -0.15) is 0 Å². The van der Waals surface area contributed by atoms with Gasteiger partial charge in [0.2, 0.25) is 0 Å². The number of nitrogens with two attached hydrogens (primary N) is 1. The number of hydrogen-bond acceptors (Lipinski definition) is 3. The highest BCUT2D eigenvalue weighted by atomic mass is 32.1. The molecule has 0 saturated heterocycles. The van der Waals surface area contributed by atoms with Crippen LogP contribution in [0, 0.1) is 13.8 Å². The minimum Gasteiger partial charge on any atom is -0.480 e. The van der Waals surface area contributed by atoms with Gasteiger partial charge in [-0.3, -0.25) is 4.79 Å². The monoisotopic (exact) mass is 235 g/mol. The second-order valence-electron chi connectivity index (χ2n) is 3.84. The number of aryl methyl sites for hydroxylation is 2. The van der Waals surface area contributed by atoms with Gasteiger partial charge < -0.3 is 10.8 Å². The number of aliphatic carboxylic acids is 1. The van der Waals surface area contributed by atoms with Gasteiger partial charge in [0.05, 0.1) is 0 Å². The Morgan fingerprint density at radius 3 is 2.75 bits per heavy atom. The van der Waals surface area contributed by atoms with E-state index in [0.717, 1.165) is 26.1 Å². The lowest BCUT2D eigenvalue weighted by Crippen LogP contribution is -2.20. The van der Waals surface area contributed by atoms with Crippen LogP contribution in [-0.2, 0) is 4.79 Å². The molecular formula is C12H13NO2S. The van der Waals surface area contributed by atoms with E-state index >= 15 is 0 Å². The van der Waals surface area contributed by atoms with Gasteiger partial charge in [0, 0.05) is 15.1 Å². The van der Waals surface area contributed by atoms with Crippen molar-refractivity contribution >= 4 is 27.4 Å². The number of carbonyl (C=O) groups is 1. The first kappa shape index (κ1) is 11.1. The van der Waals surface area contributed by atoms with E-state index in [4.69, 9.17) is 10.8 Å². The molecule has 1 atom stereocenters. The highest BCUT2D eigenvalue weighted by Crippen LogP contribution is 2.35. The fourth-order valence-electron chi connectivity index (χ4n) is 1.91. The van der Waals surface area contributed by atoms with Crippen LogP contribution in [0.5, 0.6) is 0 Å². The predicted octanol–water partition coefficient (Wildman–Crippen LogP) is 2.60. The molecule has 0 aliphatic carbocycles. The molecule has 0 saturated carbocycles. The molecule has 1 heterocycles. The SMILES string of the molecule is Cc1sc2c(C)cccc2c1C(N)C(=O)O. The fraction of sp³-hybridized carbons (Fsp3) is 0.250. The first-order valence-electron chi connectivity index (χ1n) is 4.99. The van der Waals surface area contributed by atoms with Crippen LogP contribution in [0.25, 0.3) is 10.1 Å². The molecule has 1 aromatic carbocycles. The van der Waals surface area contributed by atoms with Crippen LogP contribution in [0.1, 0.15) is 22.0 Å². The van der Waals surface area contributed by atoms with E-state index in [0.29, 0.717) is 0 Å².